The molecule has 0 spiro atoms. The van der Waals surface area contributed by atoms with Gasteiger partial charge >= 0.3 is 0 Å². The molecule has 112 valence electrons. The standard InChI is InChI=1S/C13H19Cl2N3OS/c1-3-18(4-2)5-6-20-9-12(19)17-13-11(15)7-10(14)8-16-13/h7-8H,3-6,9H2,1-2H3,(H,16,17,19). The van der Waals surface area contributed by atoms with Crippen LogP contribution >= 0.6 is 35.0 Å². The smallest absolute Gasteiger partial charge is 0.235 e. The SMILES string of the molecule is CCN(CC)CCSCC(=O)Nc1ncc(Cl)cc1Cl. The second kappa shape index (κ2) is 9.45. The third-order valence-electron chi connectivity index (χ3n) is 2.75. The molecule has 4 nitrogen and oxygen atoms in total. The molecule has 7 heteroatoms. The Balaban J connectivity index is 2.30. The normalized spacial score (nSPS) is 10.8. The first-order valence-electron chi connectivity index (χ1n) is 6.47. The topological polar surface area (TPSA) is 45.2 Å². The quantitative estimate of drug-likeness (QED) is 0.739. The summed E-state index contributed by atoms with van der Waals surface area (Å²) in [4.78, 5) is 18.1. The summed E-state index contributed by atoms with van der Waals surface area (Å²) in [6, 6.07) is 1.55. The minimum Gasteiger partial charge on any atom is -0.309 e. The Bertz CT molecular complexity index is 442. The number of hydrogen-bond acceptors (Lipinski definition) is 4. The van der Waals surface area contributed by atoms with Gasteiger partial charge in [0.15, 0.2) is 5.82 Å². The fraction of sp³-hybridized carbons (Fsp3) is 0.538. The molecule has 1 heterocycles. The van der Waals surface area contributed by atoms with Gasteiger partial charge in [0.25, 0.3) is 0 Å². The lowest BCUT2D eigenvalue weighted by Crippen LogP contribution is -2.26. The van der Waals surface area contributed by atoms with E-state index in [1.54, 1.807) is 17.8 Å². The van der Waals surface area contributed by atoms with Crippen molar-refractivity contribution in [2.75, 3.05) is 36.5 Å². The lowest BCUT2D eigenvalue weighted by molar-refractivity contribution is -0.113. The van der Waals surface area contributed by atoms with Crippen LogP contribution in [-0.2, 0) is 4.79 Å². The molecule has 1 aromatic heterocycles. The largest absolute Gasteiger partial charge is 0.309 e. The number of pyridine rings is 1. The Hall–Kier alpha value is -0.490. The van der Waals surface area contributed by atoms with Crippen molar-refractivity contribution in [2.45, 2.75) is 13.8 Å². The molecule has 0 bridgehead atoms. The number of halogens is 2. The maximum absolute atomic E-state index is 11.8. The van der Waals surface area contributed by atoms with Crippen molar-refractivity contribution in [2.24, 2.45) is 0 Å². The summed E-state index contributed by atoms with van der Waals surface area (Å²) in [5, 5.41) is 3.47. The molecule has 1 N–H and O–H groups in total. The highest BCUT2D eigenvalue weighted by molar-refractivity contribution is 7.99. The number of hydrogen-bond donors (Lipinski definition) is 1. The molecule has 1 rings (SSSR count). The predicted molar refractivity (Wildman–Crippen MR) is 88.0 cm³/mol. The minimum absolute atomic E-state index is 0.105. The van der Waals surface area contributed by atoms with Gasteiger partial charge in [-0.3, -0.25) is 4.79 Å². The van der Waals surface area contributed by atoms with E-state index < -0.39 is 0 Å². The van der Waals surface area contributed by atoms with E-state index >= 15 is 0 Å². The van der Waals surface area contributed by atoms with Crippen LogP contribution in [0.2, 0.25) is 10.0 Å². The first kappa shape index (κ1) is 17.6. The molecule has 0 saturated carbocycles. The summed E-state index contributed by atoms with van der Waals surface area (Å²) in [6.07, 6.45) is 1.45. The van der Waals surface area contributed by atoms with Crippen LogP contribution in [0.5, 0.6) is 0 Å². The number of nitrogens with zero attached hydrogens (tertiary/aromatic N) is 2. The molecule has 0 fully saturated rings. The van der Waals surface area contributed by atoms with Crippen LogP contribution in [0.1, 0.15) is 13.8 Å². The lowest BCUT2D eigenvalue weighted by atomic mass is 10.4. The number of carbonyl (C=O) groups is 1. The second-order valence-corrected chi connectivity index (χ2v) is 6.06. The lowest BCUT2D eigenvalue weighted by Gasteiger charge is -2.17. The molecule has 0 aliphatic heterocycles. The van der Waals surface area contributed by atoms with E-state index in [-0.39, 0.29) is 5.91 Å². The first-order chi connectivity index (χ1) is 9.56. The van der Waals surface area contributed by atoms with E-state index in [2.05, 4.69) is 29.0 Å². The van der Waals surface area contributed by atoms with Gasteiger partial charge in [-0.15, -0.1) is 0 Å². The van der Waals surface area contributed by atoms with Gasteiger partial charge in [-0.25, -0.2) is 4.98 Å². The number of aromatic nitrogens is 1. The molecule has 0 aliphatic carbocycles. The van der Waals surface area contributed by atoms with Crippen molar-refractivity contribution in [3.8, 4) is 0 Å². The monoisotopic (exact) mass is 335 g/mol. The third kappa shape index (κ3) is 6.31. The fourth-order valence-electron chi connectivity index (χ4n) is 1.57. The van der Waals surface area contributed by atoms with Crippen LogP contribution in [0, 0.1) is 0 Å². The predicted octanol–water partition coefficient (Wildman–Crippen LogP) is 3.40. The Morgan fingerprint density at radius 1 is 1.40 bits per heavy atom. The Kier molecular flexibility index (Phi) is 8.30. The highest BCUT2D eigenvalue weighted by atomic mass is 35.5. The van der Waals surface area contributed by atoms with Crippen LogP contribution < -0.4 is 5.32 Å². The van der Waals surface area contributed by atoms with Crippen molar-refractivity contribution >= 4 is 46.7 Å². The van der Waals surface area contributed by atoms with E-state index in [1.165, 1.54) is 6.20 Å². The third-order valence-corrected chi connectivity index (χ3v) is 4.18. The zero-order valence-corrected chi connectivity index (χ0v) is 14.0. The van der Waals surface area contributed by atoms with E-state index in [0.717, 1.165) is 25.4 Å². The van der Waals surface area contributed by atoms with Gasteiger partial charge in [-0.2, -0.15) is 11.8 Å². The fourth-order valence-corrected chi connectivity index (χ4v) is 2.79. The molecule has 0 unspecified atom stereocenters. The molecule has 0 atom stereocenters. The molecule has 20 heavy (non-hydrogen) atoms. The van der Waals surface area contributed by atoms with Crippen molar-refractivity contribution in [1.29, 1.82) is 0 Å². The van der Waals surface area contributed by atoms with E-state index in [1.807, 2.05) is 0 Å². The van der Waals surface area contributed by atoms with Crippen molar-refractivity contribution in [1.82, 2.24) is 9.88 Å². The number of nitrogens with one attached hydrogen (secondary N) is 1. The van der Waals surface area contributed by atoms with Crippen molar-refractivity contribution < 1.29 is 4.79 Å². The summed E-state index contributed by atoms with van der Waals surface area (Å²) in [7, 11) is 0. The average molecular weight is 336 g/mol. The number of anilines is 1. The summed E-state index contributed by atoms with van der Waals surface area (Å²) in [5.74, 6) is 1.57. The van der Waals surface area contributed by atoms with Gasteiger partial charge < -0.3 is 10.2 Å². The summed E-state index contributed by atoms with van der Waals surface area (Å²) >= 11 is 13.3. The van der Waals surface area contributed by atoms with Gasteiger partial charge in [-0.05, 0) is 19.2 Å². The van der Waals surface area contributed by atoms with Gasteiger partial charge in [-0.1, -0.05) is 37.0 Å². The average Bonchev–Trinajstić information content (AvgIpc) is 2.42. The Labute approximate surface area is 134 Å². The van der Waals surface area contributed by atoms with Crippen LogP contribution in [0.15, 0.2) is 12.3 Å². The van der Waals surface area contributed by atoms with E-state index in [4.69, 9.17) is 23.2 Å². The van der Waals surface area contributed by atoms with Crippen LogP contribution in [-0.4, -0.2) is 46.9 Å². The van der Waals surface area contributed by atoms with Gasteiger partial charge in [0.05, 0.1) is 15.8 Å². The van der Waals surface area contributed by atoms with Crippen LogP contribution in [0.25, 0.3) is 0 Å². The van der Waals surface area contributed by atoms with Crippen molar-refractivity contribution in [3.05, 3.63) is 22.3 Å². The minimum atomic E-state index is -0.105. The number of amides is 1. The number of rotatable bonds is 8. The second-order valence-electron chi connectivity index (χ2n) is 4.11. The maximum atomic E-state index is 11.8. The van der Waals surface area contributed by atoms with E-state index in [9.17, 15) is 4.79 Å². The zero-order chi connectivity index (χ0) is 15.0. The van der Waals surface area contributed by atoms with E-state index in [0.29, 0.717) is 21.6 Å². The Morgan fingerprint density at radius 2 is 2.10 bits per heavy atom. The molecular formula is C13H19Cl2N3OS. The molecular weight excluding hydrogens is 317 g/mol. The zero-order valence-electron chi connectivity index (χ0n) is 11.7. The molecule has 0 saturated heterocycles. The summed E-state index contributed by atoms with van der Waals surface area (Å²) in [6.45, 7) is 7.33. The molecule has 0 aromatic carbocycles. The molecule has 1 aromatic rings. The van der Waals surface area contributed by atoms with Gasteiger partial charge in [0, 0.05) is 18.5 Å². The first-order valence-corrected chi connectivity index (χ1v) is 8.38. The van der Waals surface area contributed by atoms with Crippen LogP contribution in [0.4, 0.5) is 5.82 Å². The Morgan fingerprint density at radius 3 is 2.70 bits per heavy atom. The van der Waals surface area contributed by atoms with Crippen LogP contribution in [0.3, 0.4) is 0 Å². The molecule has 1 amide bonds. The molecule has 0 radical (unpaired) electrons. The highest BCUT2D eigenvalue weighted by Crippen LogP contribution is 2.22. The van der Waals surface area contributed by atoms with Crippen molar-refractivity contribution in [3.63, 3.8) is 0 Å². The van der Waals surface area contributed by atoms with Gasteiger partial charge in [0.1, 0.15) is 0 Å². The van der Waals surface area contributed by atoms with Gasteiger partial charge in [0.2, 0.25) is 5.91 Å². The molecule has 0 aliphatic rings. The maximum Gasteiger partial charge on any atom is 0.235 e. The number of carbonyl (C=O) groups excluding carboxylic acids is 1. The number of thioether (sulfide) groups is 1. The highest BCUT2D eigenvalue weighted by Gasteiger charge is 2.08. The summed E-state index contributed by atoms with van der Waals surface area (Å²) in [5.41, 5.74) is 0. The summed E-state index contributed by atoms with van der Waals surface area (Å²) < 4.78 is 0.